The number of carbonyl (C=O) groups excluding carboxylic acids is 2. The summed E-state index contributed by atoms with van der Waals surface area (Å²) in [5.74, 6) is 0.774. The van der Waals surface area contributed by atoms with Crippen molar-refractivity contribution in [3.05, 3.63) is 52.5 Å². The van der Waals surface area contributed by atoms with Gasteiger partial charge >= 0.3 is 0 Å². The van der Waals surface area contributed by atoms with E-state index in [1.807, 2.05) is 29.2 Å². The van der Waals surface area contributed by atoms with Crippen LogP contribution >= 0.6 is 11.6 Å². The molecule has 1 aliphatic carbocycles. The summed E-state index contributed by atoms with van der Waals surface area (Å²) in [5.41, 5.74) is 1.98. The summed E-state index contributed by atoms with van der Waals surface area (Å²) >= 11 is 5.97. The van der Waals surface area contributed by atoms with Gasteiger partial charge in [0.15, 0.2) is 11.5 Å². The van der Waals surface area contributed by atoms with Crippen LogP contribution in [0.15, 0.2) is 36.4 Å². The molecule has 0 aromatic heterocycles. The van der Waals surface area contributed by atoms with Gasteiger partial charge in [-0.3, -0.25) is 9.59 Å². The monoisotopic (exact) mass is 442 g/mol. The van der Waals surface area contributed by atoms with Gasteiger partial charge in [-0.05, 0) is 55.4 Å². The van der Waals surface area contributed by atoms with E-state index in [2.05, 4.69) is 5.32 Å². The molecular weight excluding hydrogens is 416 g/mol. The maximum Gasteiger partial charge on any atom is 0.256 e. The molecule has 6 nitrogen and oxygen atoms in total. The van der Waals surface area contributed by atoms with Crippen molar-refractivity contribution in [1.29, 1.82) is 0 Å². The standard InChI is InChI=1S/C24H27ClN2O4/c1-30-21-13-19(24(29)27-10-4-3-5-11-27)20(14-22(21)31-2)26-23(28)18-12-17(18)15-6-8-16(25)9-7-15/h6-9,13-14,17-18H,3-5,10-12H2,1-2H3,(H,26,28). The van der Waals surface area contributed by atoms with Crippen molar-refractivity contribution in [3.63, 3.8) is 0 Å². The average Bonchev–Trinajstić information content (AvgIpc) is 3.60. The largest absolute Gasteiger partial charge is 0.493 e. The van der Waals surface area contributed by atoms with Crippen molar-refractivity contribution in [2.75, 3.05) is 32.6 Å². The summed E-state index contributed by atoms with van der Waals surface area (Å²) in [5, 5.41) is 3.66. The van der Waals surface area contributed by atoms with Crippen LogP contribution in [0.3, 0.4) is 0 Å². The SMILES string of the molecule is COc1cc(NC(=O)C2CC2c2ccc(Cl)cc2)c(C(=O)N2CCCCC2)cc1OC. The van der Waals surface area contributed by atoms with Gasteiger partial charge in [0, 0.05) is 30.1 Å². The van der Waals surface area contributed by atoms with Gasteiger partial charge in [0.2, 0.25) is 5.91 Å². The molecule has 1 saturated carbocycles. The molecule has 31 heavy (non-hydrogen) atoms. The quantitative estimate of drug-likeness (QED) is 0.702. The third-order valence-electron chi connectivity index (χ3n) is 6.08. The number of piperidine rings is 1. The zero-order valence-electron chi connectivity index (χ0n) is 17.8. The first-order chi connectivity index (χ1) is 15.0. The van der Waals surface area contributed by atoms with Crippen LogP contribution in [0.1, 0.15) is 47.5 Å². The van der Waals surface area contributed by atoms with Gasteiger partial charge in [-0.2, -0.15) is 0 Å². The Morgan fingerprint density at radius 3 is 2.29 bits per heavy atom. The van der Waals surface area contributed by atoms with Gasteiger partial charge in [0.25, 0.3) is 5.91 Å². The Bertz CT molecular complexity index is 970. The van der Waals surface area contributed by atoms with Gasteiger partial charge in [0.05, 0.1) is 25.5 Å². The summed E-state index contributed by atoms with van der Waals surface area (Å²) in [6.45, 7) is 1.45. The second-order valence-electron chi connectivity index (χ2n) is 8.10. The molecule has 1 N–H and O–H groups in total. The van der Waals surface area contributed by atoms with E-state index in [0.29, 0.717) is 27.8 Å². The Balaban J connectivity index is 1.56. The summed E-state index contributed by atoms with van der Waals surface area (Å²) < 4.78 is 10.8. The van der Waals surface area contributed by atoms with Gasteiger partial charge in [-0.15, -0.1) is 0 Å². The first kappa shape index (κ1) is 21.5. The molecule has 2 atom stereocenters. The zero-order chi connectivity index (χ0) is 22.0. The molecule has 0 bridgehead atoms. The number of carbonyl (C=O) groups is 2. The average molecular weight is 443 g/mol. The van der Waals surface area contributed by atoms with E-state index >= 15 is 0 Å². The first-order valence-electron chi connectivity index (χ1n) is 10.6. The van der Waals surface area contributed by atoms with Crippen LogP contribution in [-0.2, 0) is 4.79 Å². The summed E-state index contributed by atoms with van der Waals surface area (Å²) in [6.07, 6.45) is 3.89. The molecule has 2 aliphatic rings. The predicted molar refractivity (Wildman–Crippen MR) is 120 cm³/mol. The topological polar surface area (TPSA) is 67.9 Å². The van der Waals surface area contributed by atoms with Gasteiger partial charge in [-0.1, -0.05) is 23.7 Å². The molecule has 1 saturated heterocycles. The highest BCUT2D eigenvalue weighted by molar-refractivity contribution is 6.30. The number of benzene rings is 2. The second kappa shape index (κ2) is 9.18. The van der Waals surface area contributed by atoms with E-state index in [1.54, 1.807) is 12.1 Å². The molecule has 2 aromatic rings. The van der Waals surface area contributed by atoms with Gasteiger partial charge in [-0.25, -0.2) is 0 Å². The Morgan fingerprint density at radius 2 is 1.65 bits per heavy atom. The molecule has 1 heterocycles. The molecule has 0 radical (unpaired) electrons. The Labute approximate surface area is 187 Å². The number of hydrogen-bond acceptors (Lipinski definition) is 4. The van der Waals surface area contributed by atoms with Crippen molar-refractivity contribution in [2.24, 2.45) is 5.92 Å². The molecule has 7 heteroatoms. The number of rotatable bonds is 6. The highest BCUT2D eigenvalue weighted by Gasteiger charge is 2.44. The maximum atomic E-state index is 13.2. The van der Waals surface area contributed by atoms with E-state index in [1.165, 1.54) is 14.2 Å². The highest BCUT2D eigenvalue weighted by Crippen LogP contribution is 2.48. The van der Waals surface area contributed by atoms with Gasteiger partial charge < -0.3 is 19.7 Å². The van der Waals surface area contributed by atoms with Gasteiger partial charge in [0.1, 0.15) is 0 Å². The fourth-order valence-corrected chi connectivity index (χ4v) is 4.34. The number of ether oxygens (including phenoxy) is 2. The van der Waals surface area contributed by atoms with E-state index in [9.17, 15) is 9.59 Å². The molecule has 0 spiro atoms. The number of nitrogens with one attached hydrogen (secondary N) is 1. The molecule has 2 amide bonds. The van der Waals surface area contributed by atoms with Crippen molar-refractivity contribution < 1.29 is 19.1 Å². The molecule has 2 unspecified atom stereocenters. The van der Waals surface area contributed by atoms with Crippen LogP contribution in [0, 0.1) is 5.92 Å². The van der Waals surface area contributed by atoms with Crippen molar-refractivity contribution in [3.8, 4) is 11.5 Å². The maximum absolute atomic E-state index is 13.2. The molecule has 164 valence electrons. The fraction of sp³-hybridized carbons (Fsp3) is 0.417. The van der Waals surface area contributed by atoms with Crippen molar-refractivity contribution >= 4 is 29.1 Å². The number of likely N-dealkylation sites (tertiary alicyclic amines) is 1. The lowest BCUT2D eigenvalue weighted by Crippen LogP contribution is -2.36. The highest BCUT2D eigenvalue weighted by atomic mass is 35.5. The van der Waals surface area contributed by atoms with Crippen LogP contribution in [0.4, 0.5) is 5.69 Å². The van der Waals surface area contributed by atoms with E-state index in [-0.39, 0.29) is 23.7 Å². The Kier molecular flexibility index (Phi) is 6.37. The van der Waals surface area contributed by atoms with Crippen molar-refractivity contribution in [1.82, 2.24) is 4.90 Å². The number of hydrogen-bond donors (Lipinski definition) is 1. The Morgan fingerprint density at radius 1 is 1.00 bits per heavy atom. The normalized spacial score (nSPS) is 20.2. The third-order valence-corrected chi connectivity index (χ3v) is 6.33. The number of amides is 2. The minimum absolute atomic E-state index is 0.0963. The van der Waals surface area contributed by atoms with E-state index in [0.717, 1.165) is 44.3 Å². The van der Waals surface area contributed by atoms with E-state index in [4.69, 9.17) is 21.1 Å². The zero-order valence-corrected chi connectivity index (χ0v) is 18.6. The Hall–Kier alpha value is -2.73. The summed E-state index contributed by atoms with van der Waals surface area (Å²) in [4.78, 5) is 28.1. The summed E-state index contributed by atoms with van der Waals surface area (Å²) in [6, 6.07) is 10.9. The molecule has 2 aromatic carbocycles. The van der Waals surface area contributed by atoms with Crippen LogP contribution < -0.4 is 14.8 Å². The fourth-order valence-electron chi connectivity index (χ4n) is 4.22. The minimum Gasteiger partial charge on any atom is -0.493 e. The number of anilines is 1. The van der Waals surface area contributed by atoms with Crippen molar-refractivity contribution in [2.45, 2.75) is 31.6 Å². The molecule has 1 aliphatic heterocycles. The smallest absolute Gasteiger partial charge is 0.256 e. The molecule has 2 fully saturated rings. The second-order valence-corrected chi connectivity index (χ2v) is 8.53. The first-order valence-corrected chi connectivity index (χ1v) is 11.0. The number of methoxy groups -OCH3 is 2. The number of nitrogens with zero attached hydrogens (tertiary/aromatic N) is 1. The molecular formula is C24H27ClN2O4. The number of halogens is 1. The molecule has 4 rings (SSSR count). The summed E-state index contributed by atoms with van der Waals surface area (Å²) in [7, 11) is 3.07. The third kappa shape index (κ3) is 4.64. The lowest BCUT2D eigenvalue weighted by atomic mass is 10.1. The van der Waals surface area contributed by atoms with Crippen LogP contribution in [0.25, 0.3) is 0 Å². The lowest BCUT2D eigenvalue weighted by molar-refractivity contribution is -0.117. The van der Waals surface area contributed by atoms with Crippen LogP contribution in [0.2, 0.25) is 5.02 Å². The minimum atomic E-state index is -0.132. The van der Waals surface area contributed by atoms with Crippen LogP contribution in [0.5, 0.6) is 11.5 Å². The predicted octanol–water partition coefficient (Wildman–Crippen LogP) is 4.73. The van der Waals surface area contributed by atoms with Crippen LogP contribution in [-0.4, -0.2) is 44.0 Å². The van der Waals surface area contributed by atoms with E-state index < -0.39 is 0 Å². The lowest BCUT2D eigenvalue weighted by Gasteiger charge is -2.28.